The van der Waals surface area contributed by atoms with Gasteiger partial charge in [-0.1, -0.05) is 22.7 Å². The first-order valence-electron chi connectivity index (χ1n) is 5.91. The highest BCUT2D eigenvalue weighted by Crippen LogP contribution is 2.19. The van der Waals surface area contributed by atoms with Crippen LogP contribution in [0.4, 0.5) is 11.4 Å². The molecule has 100 valence electrons. The highest BCUT2D eigenvalue weighted by atomic mass is 32.1. The van der Waals surface area contributed by atoms with Crippen LogP contribution in [0, 0.1) is 0 Å². The molecule has 3 N–H and O–H groups in total. The van der Waals surface area contributed by atoms with Gasteiger partial charge in [0.05, 0.1) is 10.4 Å². The van der Waals surface area contributed by atoms with Gasteiger partial charge in [0, 0.05) is 5.69 Å². The maximum Gasteiger partial charge on any atom is 0.189 e. The summed E-state index contributed by atoms with van der Waals surface area (Å²) in [5.41, 5.74) is 8.62. The van der Waals surface area contributed by atoms with Crippen LogP contribution in [0.25, 0.3) is 10.2 Å². The zero-order chi connectivity index (χ0) is 13.8. The van der Waals surface area contributed by atoms with E-state index in [1.165, 1.54) is 11.5 Å². The van der Waals surface area contributed by atoms with E-state index in [1.54, 1.807) is 0 Å². The van der Waals surface area contributed by atoms with Gasteiger partial charge in [-0.2, -0.15) is 0 Å². The van der Waals surface area contributed by atoms with Crippen LogP contribution in [-0.4, -0.2) is 14.7 Å². The number of aromatic nitrogens is 2. The van der Waals surface area contributed by atoms with Gasteiger partial charge in [0.2, 0.25) is 0 Å². The molecule has 0 aliphatic heterocycles. The number of hydrazine groups is 1. The third-order valence-corrected chi connectivity index (χ3v) is 3.51. The number of para-hydroxylation sites is 1. The fourth-order valence-corrected chi connectivity index (χ4v) is 2.38. The van der Waals surface area contributed by atoms with E-state index in [-0.39, 0.29) is 0 Å². The molecule has 0 aliphatic rings. The second-order valence-corrected chi connectivity index (χ2v) is 5.22. The average molecular weight is 301 g/mol. The number of hydrogen-bond acceptors (Lipinski definition) is 5. The number of benzene rings is 2. The minimum atomic E-state index is 0.483. The van der Waals surface area contributed by atoms with Crippen molar-refractivity contribution in [1.82, 2.24) is 15.0 Å². The number of fused-ring (bicyclic) bond motifs is 1. The van der Waals surface area contributed by atoms with Gasteiger partial charge in [0.25, 0.3) is 0 Å². The highest BCUT2D eigenvalue weighted by Gasteiger charge is 2.01. The molecule has 5 nitrogen and oxygen atoms in total. The molecule has 0 aliphatic carbocycles. The van der Waals surface area contributed by atoms with Crippen LogP contribution in [0.3, 0.4) is 0 Å². The number of nitrogens with one attached hydrogen (secondary N) is 3. The fraction of sp³-hybridized carbons (Fsp3) is 0. The number of hydrogen-bond donors (Lipinski definition) is 3. The van der Waals surface area contributed by atoms with Crippen LogP contribution in [0.1, 0.15) is 0 Å². The van der Waals surface area contributed by atoms with Gasteiger partial charge < -0.3 is 5.32 Å². The minimum Gasteiger partial charge on any atom is -0.331 e. The zero-order valence-corrected chi connectivity index (χ0v) is 12.0. The van der Waals surface area contributed by atoms with E-state index < -0.39 is 0 Å². The molecule has 2 aromatic carbocycles. The molecule has 0 spiro atoms. The summed E-state index contributed by atoms with van der Waals surface area (Å²) in [6.45, 7) is 0. The third-order valence-electron chi connectivity index (χ3n) is 2.60. The number of rotatable bonds is 3. The van der Waals surface area contributed by atoms with Crippen molar-refractivity contribution in [2.24, 2.45) is 0 Å². The normalized spacial score (nSPS) is 10.2. The Labute approximate surface area is 125 Å². The summed E-state index contributed by atoms with van der Waals surface area (Å²) in [7, 11) is 0. The van der Waals surface area contributed by atoms with Crippen LogP contribution in [0.5, 0.6) is 0 Å². The van der Waals surface area contributed by atoms with Crippen LogP contribution in [0.2, 0.25) is 0 Å². The van der Waals surface area contributed by atoms with Crippen molar-refractivity contribution in [3.05, 3.63) is 48.5 Å². The van der Waals surface area contributed by atoms with Crippen LogP contribution < -0.4 is 16.2 Å². The second-order valence-electron chi connectivity index (χ2n) is 4.03. The molecular weight excluding hydrogens is 290 g/mol. The third kappa shape index (κ3) is 3.01. The van der Waals surface area contributed by atoms with E-state index in [0.717, 1.165) is 21.6 Å². The van der Waals surface area contributed by atoms with Crippen molar-refractivity contribution in [2.45, 2.75) is 0 Å². The van der Waals surface area contributed by atoms with Crippen LogP contribution in [0.15, 0.2) is 48.5 Å². The maximum atomic E-state index is 5.22. The summed E-state index contributed by atoms with van der Waals surface area (Å²) in [5.74, 6) is 0. The Balaban J connectivity index is 1.61. The molecule has 0 atom stereocenters. The summed E-state index contributed by atoms with van der Waals surface area (Å²) in [6.07, 6.45) is 0. The molecule has 0 radical (unpaired) electrons. The number of nitrogens with zero attached hydrogens (tertiary/aromatic N) is 2. The fourth-order valence-electron chi connectivity index (χ4n) is 1.67. The Morgan fingerprint density at radius 3 is 2.75 bits per heavy atom. The van der Waals surface area contributed by atoms with Crippen molar-refractivity contribution in [3.63, 3.8) is 0 Å². The number of anilines is 2. The van der Waals surface area contributed by atoms with Gasteiger partial charge in [-0.15, -0.1) is 5.10 Å². The van der Waals surface area contributed by atoms with Gasteiger partial charge in [0.1, 0.15) is 5.52 Å². The van der Waals surface area contributed by atoms with Crippen molar-refractivity contribution in [3.8, 4) is 0 Å². The molecule has 20 heavy (non-hydrogen) atoms. The second kappa shape index (κ2) is 5.81. The lowest BCUT2D eigenvalue weighted by Crippen LogP contribution is -2.33. The Morgan fingerprint density at radius 2 is 1.90 bits per heavy atom. The Bertz CT molecular complexity index is 726. The Kier molecular flexibility index (Phi) is 3.71. The van der Waals surface area contributed by atoms with Crippen molar-refractivity contribution < 1.29 is 0 Å². The van der Waals surface area contributed by atoms with Crippen molar-refractivity contribution >= 4 is 50.5 Å². The molecule has 0 saturated carbocycles. The van der Waals surface area contributed by atoms with Gasteiger partial charge >= 0.3 is 0 Å². The molecule has 0 bridgehead atoms. The molecule has 0 amide bonds. The van der Waals surface area contributed by atoms with Gasteiger partial charge in [-0.05, 0) is 54.1 Å². The standard InChI is InChI=1S/C13H11N5S2/c19-13(17-15-9-4-2-1-3-5-9)14-10-6-7-12-11(8-10)16-18-20-12/h1-8,15H,(H2,14,17,19). The first-order chi connectivity index (χ1) is 9.81. The van der Waals surface area contributed by atoms with E-state index >= 15 is 0 Å². The van der Waals surface area contributed by atoms with Crippen molar-refractivity contribution in [2.75, 3.05) is 10.7 Å². The molecule has 3 rings (SSSR count). The molecule has 1 aromatic heterocycles. The molecule has 0 unspecified atom stereocenters. The average Bonchev–Trinajstić information content (AvgIpc) is 2.94. The predicted octanol–water partition coefficient (Wildman–Crippen LogP) is 3.00. The summed E-state index contributed by atoms with van der Waals surface area (Å²) in [5, 5.41) is 7.60. The van der Waals surface area contributed by atoms with E-state index in [9.17, 15) is 0 Å². The first-order valence-corrected chi connectivity index (χ1v) is 7.09. The van der Waals surface area contributed by atoms with Gasteiger partial charge in [-0.25, -0.2) is 0 Å². The van der Waals surface area contributed by atoms with Crippen LogP contribution >= 0.6 is 23.8 Å². The molecule has 0 fully saturated rings. The molecule has 0 saturated heterocycles. The monoisotopic (exact) mass is 301 g/mol. The smallest absolute Gasteiger partial charge is 0.189 e. The minimum absolute atomic E-state index is 0.483. The largest absolute Gasteiger partial charge is 0.331 e. The van der Waals surface area contributed by atoms with Crippen LogP contribution in [-0.2, 0) is 0 Å². The lowest BCUT2D eigenvalue weighted by molar-refractivity contribution is 1.14. The number of thiocarbonyl (C=S) groups is 1. The zero-order valence-electron chi connectivity index (χ0n) is 10.3. The van der Waals surface area contributed by atoms with E-state index in [0.29, 0.717) is 5.11 Å². The Hall–Kier alpha value is -2.25. The van der Waals surface area contributed by atoms with Gasteiger partial charge in [0.15, 0.2) is 5.11 Å². The van der Waals surface area contributed by atoms with E-state index in [4.69, 9.17) is 12.2 Å². The highest BCUT2D eigenvalue weighted by molar-refractivity contribution is 7.80. The lowest BCUT2D eigenvalue weighted by Gasteiger charge is -2.12. The van der Waals surface area contributed by atoms with Gasteiger partial charge in [-0.3, -0.25) is 10.9 Å². The molecule has 7 heteroatoms. The summed E-state index contributed by atoms with van der Waals surface area (Å²) >= 11 is 6.59. The SMILES string of the molecule is S=C(NNc1ccccc1)Nc1ccc2snnc2c1. The van der Waals surface area contributed by atoms with E-state index in [1.807, 2.05) is 48.5 Å². The quantitative estimate of drug-likeness (QED) is 0.510. The van der Waals surface area contributed by atoms with Crippen molar-refractivity contribution in [1.29, 1.82) is 0 Å². The summed E-state index contributed by atoms with van der Waals surface area (Å²) in [6, 6.07) is 15.6. The molecule has 3 aromatic rings. The van der Waals surface area contributed by atoms with E-state index in [2.05, 4.69) is 25.8 Å². The predicted molar refractivity (Wildman–Crippen MR) is 86.8 cm³/mol. The summed E-state index contributed by atoms with van der Waals surface area (Å²) < 4.78 is 4.95. The first kappa shape index (κ1) is 12.8. The molecule has 1 heterocycles. The lowest BCUT2D eigenvalue weighted by atomic mass is 10.3. The topological polar surface area (TPSA) is 61.9 Å². The molecular formula is C13H11N5S2. The Morgan fingerprint density at radius 1 is 1.05 bits per heavy atom. The maximum absolute atomic E-state index is 5.22. The summed E-state index contributed by atoms with van der Waals surface area (Å²) in [4.78, 5) is 0.